The molecule has 5 nitrogen and oxygen atoms in total. The zero-order valence-corrected chi connectivity index (χ0v) is 10.7. The predicted octanol–water partition coefficient (Wildman–Crippen LogP) is 1.10. The average molecular weight is 301 g/mol. The quantitative estimate of drug-likeness (QED) is 0.875. The molecule has 0 bridgehead atoms. The summed E-state index contributed by atoms with van der Waals surface area (Å²) in [5.41, 5.74) is 11.8. The maximum atomic E-state index is 10.8. The second-order valence-corrected chi connectivity index (χ2v) is 4.66. The van der Waals surface area contributed by atoms with Crippen LogP contribution in [0.5, 0.6) is 11.5 Å². The number of nitrogens with two attached hydrogens (primary N) is 2. The minimum absolute atomic E-state index is 0.103. The molecule has 0 spiro atoms. The number of fused-ring (bicyclic) bond motifs is 1. The number of carbonyl (C=O) groups excluding carboxylic acids is 1. The van der Waals surface area contributed by atoms with Gasteiger partial charge in [0.05, 0.1) is 4.47 Å². The Labute approximate surface area is 107 Å². The number of rotatable bonds is 3. The van der Waals surface area contributed by atoms with Crippen molar-refractivity contribution < 1.29 is 14.3 Å². The topological polar surface area (TPSA) is 87.6 Å². The highest BCUT2D eigenvalue weighted by atomic mass is 79.9. The van der Waals surface area contributed by atoms with Gasteiger partial charge < -0.3 is 20.9 Å². The number of benzene rings is 1. The van der Waals surface area contributed by atoms with E-state index in [4.69, 9.17) is 20.9 Å². The summed E-state index contributed by atoms with van der Waals surface area (Å²) in [7, 11) is 0. The normalized spacial score (nSPS) is 15.4. The summed E-state index contributed by atoms with van der Waals surface area (Å²) in [6.45, 7) is 1.03. The first-order valence-corrected chi connectivity index (χ1v) is 6.00. The molecule has 1 aliphatic heterocycles. The molecule has 0 fully saturated rings. The Morgan fingerprint density at radius 2 is 2.12 bits per heavy atom. The van der Waals surface area contributed by atoms with Crippen LogP contribution in [0, 0.1) is 0 Å². The molecular formula is C11H13BrN2O3. The first-order valence-electron chi connectivity index (χ1n) is 5.21. The van der Waals surface area contributed by atoms with Crippen molar-refractivity contribution in [2.45, 2.75) is 12.5 Å². The van der Waals surface area contributed by atoms with Gasteiger partial charge in [-0.25, -0.2) is 0 Å². The monoisotopic (exact) mass is 300 g/mol. The second-order valence-electron chi connectivity index (χ2n) is 3.80. The van der Waals surface area contributed by atoms with E-state index < -0.39 is 11.9 Å². The van der Waals surface area contributed by atoms with Crippen molar-refractivity contribution in [3.63, 3.8) is 0 Å². The molecule has 0 aliphatic carbocycles. The summed E-state index contributed by atoms with van der Waals surface area (Å²) in [6.07, 6.45) is 0.103. The molecule has 0 unspecified atom stereocenters. The van der Waals surface area contributed by atoms with Gasteiger partial charge in [-0.15, -0.1) is 0 Å². The Bertz CT molecular complexity index is 451. The van der Waals surface area contributed by atoms with Crippen LogP contribution in [-0.2, 0) is 4.79 Å². The molecule has 1 aromatic rings. The lowest BCUT2D eigenvalue weighted by molar-refractivity contribution is -0.118. The zero-order chi connectivity index (χ0) is 12.4. The molecule has 1 atom stereocenters. The number of halogens is 1. The van der Waals surface area contributed by atoms with E-state index in [9.17, 15) is 4.79 Å². The Hall–Kier alpha value is -1.27. The minimum atomic E-state index is -0.431. The summed E-state index contributed by atoms with van der Waals surface area (Å²) in [5.74, 6) is 0.885. The van der Waals surface area contributed by atoms with Crippen LogP contribution in [0.25, 0.3) is 0 Å². The third-order valence-electron chi connectivity index (χ3n) is 2.47. The van der Waals surface area contributed by atoms with Gasteiger partial charge in [0.2, 0.25) is 5.91 Å². The van der Waals surface area contributed by atoms with E-state index in [1.807, 2.05) is 6.07 Å². The Morgan fingerprint density at radius 3 is 2.82 bits per heavy atom. The van der Waals surface area contributed by atoms with E-state index in [2.05, 4.69) is 15.9 Å². The standard InChI is InChI=1S/C11H13BrN2O3/c12-7-3-6(8(13)5-10(14)15)4-9-11(7)17-2-1-16-9/h3-4,8H,1-2,5,13H2,(H2,14,15)/t8-/m1/s1. The molecule has 1 amide bonds. The maximum Gasteiger partial charge on any atom is 0.219 e. The average Bonchev–Trinajstić information content (AvgIpc) is 2.28. The van der Waals surface area contributed by atoms with Gasteiger partial charge in [-0.2, -0.15) is 0 Å². The van der Waals surface area contributed by atoms with E-state index >= 15 is 0 Å². The largest absolute Gasteiger partial charge is 0.486 e. The van der Waals surface area contributed by atoms with Crippen molar-refractivity contribution >= 4 is 21.8 Å². The van der Waals surface area contributed by atoms with Gasteiger partial charge >= 0.3 is 0 Å². The third kappa shape index (κ3) is 2.70. The number of hydrogen-bond donors (Lipinski definition) is 2. The van der Waals surface area contributed by atoms with Gasteiger partial charge in [-0.1, -0.05) is 0 Å². The van der Waals surface area contributed by atoms with Crippen molar-refractivity contribution in [2.75, 3.05) is 13.2 Å². The molecule has 2 rings (SSSR count). The highest BCUT2D eigenvalue weighted by molar-refractivity contribution is 9.10. The van der Waals surface area contributed by atoms with Crippen LogP contribution < -0.4 is 20.9 Å². The maximum absolute atomic E-state index is 10.8. The van der Waals surface area contributed by atoms with Gasteiger partial charge in [0.1, 0.15) is 13.2 Å². The number of primary amides is 1. The highest BCUT2D eigenvalue weighted by Gasteiger charge is 2.19. The summed E-state index contributed by atoms with van der Waals surface area (Å²) in [5, 5.41) is 0. The van der Waals surface area contributed by atoms with E-state index in [1.165, 1.54) is 0 Å². The van der Waals surface area contributed by atoms with E-state index in [0.29, 0.717) is 24.7 Å². The van der Waals surface area contributed by atoms with Crippen LogP contribution in [0.1, 0.15) is 18.0 Å². The van der Waals surface area contributed by atoms with E-state index in [1.54, 1.807) is 6.07 Å². The Balaban J connectivity index is 2.30. The Morgan fingerprint density at radius 1 is 1.41 bits per heavy atom. The fourth-order valence-electron chi connectivity index (χ4n) is 1.68. The molecule has 17 heavy (non-hydrogen) atoms. The summed E-state index contributed by atoms with van der Waals surface area (Å²) >= 11 is 3.39. The van der Waals surface area contributed by atoms with Crippen molar-refractivity contribution in [1.82, 2.24) is 0 Å². The Kier molecular flexibility index (Phi) is 3.54. The fraction of sp³-hybridized carbons (Fsp3) is 0.364. The summed E-state index contributed by atoms with van der Waals surface area (Å²) < 4.78 is 11.7. The van der Waals surface area contributed by atoms with Crippen molar-refractivity contribution in [3.05, 3.63) is 22.2 Å². The van der Waals surface area contributed by atoms with Crippen LogP contribution in [0.3, 0.4) is 0 Å². The van der Waals surface area contributed by atoms with Gasteiger partial charge in [0.25, 0.3) is 0 Å². The summed E-state index contributed by atoms with van der Waals surface area (Å²) in [6, 6.07) is 3.17. The van der Waals surface area contributed by atoms with Gasteiger partial charge in [-0.05, 0) is 33.6 Å². The lowest BCUT2D eigenvalue weighted by atomic mass is 10.0. The minimum Gasteiger partial charge on any atom is -0.486 e. The number of amides is 1. The zero-order valence-electron chi connectivity index (χ0n) is 9.11. The molecule has 4 N–H and O–H groups in total. The lowest BCUT2D eigenvalue weighted by Crippen LogP contribution is -2.21. The van der Waals surface area contributed by atoms with Crippen LogP contribution >= 0.6 is 15.9 Å². The molecule has 0 saturated heterocycles. The smallest absolute Gasteiger partial charge is 0.219 e. The molecule has 1 aromatic carbocycles. The van der Waals surface area contributed by atoms with Crippen molar-refractivity contribution in [3.8, 4) is 11.5 Å². The van der Waals surface area contributed by atoms with Gasteiger partial charge in [0.15, 0.2) is 11.5 Å². The van der Waals surface area contributed by atoms with Crippen LogP contribution in [0.2, 0.25) is 0 Å². The second kappa shape index (κ2) is 4.93. The number of hydrogen-bond acceptors (Lipinski definition) is 4. The molecular weight excluding hydrogens is 288 g/mol. The molecule has 0 radical (unpaired) electrons. The molecule has 0 saturated carbocycles. The van der Waals surface area contributed by atoms with Crippen LogP contribution in [0.4, 0.5) is 0 Å². The van der Waals surface area contributed by atoms with E-state index in [-0.39, 0.29) is 6.42 Å². The molecule has 92 valence electrons. The van der Waals surface area contributed by atoms with E-state index in [0.717, 1.165) is 10.0 Å². The molecule has 0 aromatic heterocycles. The van der Waals surface area contributed by atoms with Gasteiger partial charge in [-0.3, -0.25) is 4.79 Å². The highest BCUT2D eigenvalue weighted by Crippen LogP contribution is 2.39. The summed E-state index contributed by atoms with van der Waals surface area (Å²) in [4.78, 5) is 10.8. The number of ether oxygens (including phenoxy) is 2. The number of carbonyl (C=O) groups is 1. The van der Waals surface area contributed by atoms with Crippen molar-refractivity contribution in [1.29, 1.82) is 0 Å². The fourth-order valence-corrected chi connectivity index (χ4v) is 2.25. The first kappa shape index (κ1) is 12.2. The predicted molar refractivity (Wildman–Crippen MR) is 65.9 cm³/mol. The van der Waals surface area contributed by atoms with Crippen molar-refractivity contribution in [2.24, 2.45) is 11.5 Å². The molecule has 1 aliphatic rings. The lowest BCUT2D eigenvalue weighted by Gasteiger charge is -2.21. The van der Waals surface area contributed by atoms with Crippen LogP contribution in [-0.4, -0.2) is 19.1 Å². The third-order valence-corrected chi connectivity index (χ3v) is 3.06. The molecule has 1 heterocycles. The molecule has 6 heteroatoms. The van der Waals surface area contributed by atoms with Crippen LogP contribution in [0.15, 0.2) is 16.6 Å². The van der Waals surface area contributed by atoms with Gasteiger partial charge in [0, 0.05) is 12.5 Å². The SMILES string of the molecule is NC(=O)C[C@@H](N)c1cc(Br)c2c(c1)OCCO2. The first-order chi connectivity index (χ1) is 8.08.